The zero-order valence-electron chi connectivity index (χ0n) is 4.67. The van der Waals surface area contributed by atoms with E-state index in [-0.39, 0.29) is 6.61 Å². The third-order valence-electron chi connectivity index (χ3n) is 0.567. The normalized spacial score (nSPS) is 8.50. The molecule has 45 valence electrons. The van der Waals surface area contributed by atoms with Gasteiger partial charge in [-0.25, -0.2) is 0 Å². The molecule has 0 aromatic carbocycles. The molecule has 2 heteroatoms. The van der Waals surface area contributed by atoms with Crippen molar-refractivity contribution in [3.05, 3.63) is 19.1 Å². The smallest absolute Gasteiger partial charge is 0.145 e. The Kier molecular flexibility index (Phi) is 5.87. The van der Waals surface area contributed by atoms with E-state index in [0.29, 0.717) is 6.61 Å². The third kappa shape index (κ3) is 5.37. The first-order valence-electron chi connectivity index (χ1n) is 2.37. The summed E-state index contributed by atoms with van der Waals surface area (Å²) in [6, 6.07) is 0. The summed E-state index contributed by atoms with van der Waals surface area (Å²) in [6.45, 7) is 4.08. The van der Waals surface area contributed by atoms with Crippen molar-refractivity contribution in [2.75, 3.05) is 13.2 Å². The summed E-state index contributed by atoms with van der Waals surface area (Å²) in [5, 5.41) is 0. The second kappa shape index (κ2) is 6.37. The van der Waals surface area contributed by atoms with Crippen molar-refractivity contribution in [1.29, 1.82) is 0 Å². The summed E-state index contributed by atoms with van der Waals surface area (Å²) in [5.41, 5.74) is 0. The minimum Gasteiger partial charge on any atom is -0.373 e. The molecule has 1 radical (unpaired) electrons. The molecular weight excluding hydrogens is 104 g/mol. The molecule has 0 aromatic rings. The van der Waals surface area contributed by atoms with E-state index in [4.69, 9.17) is 4.74 Å². The topological polar surface area (TPSA) is 26.3 Å². The Labute approximate surface area is 49.1 Å². The monoisotopic (exact) mass is 113 g/mol. The number of ether oxygens (including phenoxy) is 1. The molecular formula is C6H9O2. The first kappa shape index (κ1) is 7.37. The lowest BCUT2D eigenvalue weighted by molar-refractivity contribution is -0.111. The van der Waals surface area contributed by atoms with Crippen LogP contribution in [-0.4, -0.2) is 19.5 Å². The summed E-state index contributed by atoms with van der Waals surface area (Å²) in [7, 11) is 0. The van der Waals surface area contributed by atoms with Gasteiger partial charge in [0.15, 0.2) is 0 Å². The standard InChI is InChI=1S/C6H9O2/c1-2-3-5-8-6-4-7/h2-4H,1,5-6H2. The highest BCUT2D eigenvalue weighted by atomic mass is 16.5. The van der Waals surface area contributed by atoms with Crippen LogP contribution < -0.4 is 0 Å². The molecule has 0 N–H and O–H groups in total. The molecule has 0 aliphatic rings. The van der Waals surface area contributed by atoms with Crippen LogP contribution in [0, 0.1) is 6.42 Å². The highest BCUT2D eigenvalue weighted by Gasteiger charge is 1.79. The van der Waals surface area contributed by atoms with Gasteiger partial charge in [0, 0.05) is 6.42 Å². The van der Waals surface area contributed by atoms with Crippen LogP contribution in [0.2, 0.25) is 0 Å². The molecule has 0 atom stereocenters. The van der Waals surface area contributed by atoms with Crippen LogP contribution in [0.25, 0.3) is 0 Å². The van der Waals surface area contributed by atoms with E-state index in [2.05, 4.69) is 6.58 Å². The van der Waals surface area contributed by atoms with Crippen molar-refractivity contribution < 1.29 is 9.53 Å². The van der Waals surface area contributed by atoms with Crippen molar-refractivity contribution >= 4 is 6.29 Å². The molecule has 8 heavy (non-hydrogen) atoms. The lowest BCUT2D eigenvalue weighted by Gasteiger charge is -1.91. The molecule has 0 aromatic heterocycles. The van der Waals surface area contributed by atoms with Gasteiger partial charge in [-0.15, -0.1) is 6.58 Å². The van der Waals surface area contributed by atoms with Gasteiger partial charge < -0.3 is 9.53 Å². The van der Waals surface area contributed by atoms with E-state index in [9.17, 15) is 4.79 Å². The van der Waals surface area contributed by atoms with Crippen LogP contribution in [-0.2, 0) is 9.53 Å². The van der Waals surface area contributed by atoms with Gasteiger partial charge in [0.1, 0.15) is 12.9 Å². The highest BCUT2D eigenvalue weighted by molar-refractivity contribution is 5.50. The van der Waals surface area contributed by atoms with Gasteiger partial charge >= 0.3 is 0 Å². The van der Waals surface area contributed by atoms with E-state index in [1.807, 2.05) is 0 Å². The van der Waals surface area contributed by atoms with Crippen molar-refractivity contribution in [3.63, 3.8) is 0 Å². The molecule has 0 unspecified atom stereocenters. The highest BCUT2D eigenvalue weighted by Crippen LogP contribution is 1.77. The van der Waals surface area contributed by atoms with Crippen LogP contribution in [0.15, 0.2) is 12.7 Å². The lowest BCUT2D eigenvalue weighted by atomic mass is 10.5. The molecule has 0 bridgehead atoms. The van der Waals surface area contributed by atoms with Crippen molar-refractivity contribution in [3.8, 4) is 0 Å². The molecule has 0 heterocycles. The predicted octanol–water partition coefficient (Wildman–Crippen LogP) is 0.592. The van der Waals surface area contributed by atoms with Gasteiger partial charge in [0.05, 0.1) is 6.61 Å². The minimum atomic E-state index is 0.171. The summed E-state index contributed by atoms with van der Waals surface area (Å²) < 4.78 is 4.73. The fourth-order valence-corrected chi connectivity index (χ4v) is 0.252. The maximum absolute atomic E-state index is 9.60. The Bertz CT molecular complexity index is 58.9. The summed E-state index contributed by atoms with van der Waals surface area (Å²) in [6.07, 6.45) is 4.09. The van der Waals surface area contributed by atoms with Crippen LogP contribution in [0.4, 0.5) is 0 Å². The Morgan fingerprint density at radius 2 is 2.25 bits per heavy atom. The molecule has 0 spiro atoms. The first-order chi connectivity index (χ1) is 3.91. The molecule has 0 amide bonds. The fourth-order valence-electron chi connectivity index (χ4n) is 0.252. The maximum atomic E-state index is 9.60. The molecule has 0 rings (SSSR count). The van der Waals surface area contributed by atoms with E-state index < -0.39 is 0 Å². The quantitative estimate of drug-likeness (QED) is 0.385. The van der Waals surface area contributed by atoms with E-state index in [0.717, 1.165) is 6.29 Å². The van der Waals surface area contributed by atoms with Gasteiger partial charge in [0.2, 0.25) is 0 Å². The van der Waals surface area contributed by atoms with E-state index >= 15 is 0 Å². The van der Waals surface area contributed by atoms with Gasteiger partial charge in [-0.3, -0.25) is 0 Å². The van der Waals surface area contributed by atoms with Gasteiger partial charge in [0.25, 0.3) is 0 Å². The van der Waals surface area contributed by atoms with Crippen LogP contribution >= 0.6 is 0 Å². The molecule has 0 saturated heterocycles. The van der Waals surface area contributed by atoms with Crippen LogP contribution in [0.1, 0.15) is 0 Å². The second-order valence-electron chi connectivity index (χ2n) is 1.18. The Morgan fingerprint density at radius 3 is 2.75 bits per heavy atom. The maximum Gasteiger partial charge on any atom is 0.145 e. The summed E-state index contributed by atoms with van der Waals surface area (Å²) in [5.74, 6) is 0. The predicted molar refractivity (Wildman–Crippen MR) is 31.4 cm³/mol. The zero-order chi connectivity index (χ0) is 6.24. The first-order valence-corrected chi connectivity index (χ1v) is 2.37. The third-order valence-corrected chi connectivity index (χ3v) is 0.567. The average molecular weight is 113 g/mol. The molecule has 0 aliphatic carbocycles. The zero-order valence-corrected chi connectivity index (χ0v) is 4.67. The Balaban J connectivity index is 2.71. The average Bonchev–Trinajstić information content (AvgIpc) is 1.81. The van der Waals surface area contributed by atoms with Crippen molar-refractivity contribution in [1.82, 2.24) is 0 Å². The largest absolute Gasteiger partial charge is 0.373 e. The minimum absolute atomic E-state index is 0.171. The number of hydrogen-bond donors (Lipinski definition) is 0. The fraction of sp³-hybridized carbons (Fsp3) is 0.333. The van der Waals surface area contributed by atoms with E-state index in [1.54, 1.807) is 12.5 Å². The van der Waals surface area contributed by atoms with Crippen LogP contribution in [0.3, 0.4) is 0 Å². The molecule has 0 fully saturated rings. The van der Waals surface area contributed by atoms with Gasteiger partial charge in [-0.1, -0.05) is 6.08 Å². The number of aldehydes is 1. The number of rotatable bonds is 5. The number of carbonyl (C=O) groups excluding carboxylic acids is 1. The second-order valence-corrected chi connectivity index (χ2v) is 1.18. The van der Waals surface area contributed by atoms with Crippen molar-refractivity contribution in [2.45, 2.75) is 0 Å². The molecule has 2 nitrogen and oxygen atoms in total. The lowest BCUT2D eigenvalue weighted by Crippen LogP contribution is -1.95. The van der Waals surface area contributed by atoms with Crippen molar-refractivity contribution in [2.24, 2.45) is 0 Å². The van der Waals surface area contributed by atoms with Gasteiger partial charge in [-0.2, -0.15) is 0 Å². The summed E-state index contributed by atoms with van der Waals surface area (Å²) in [4.78, 5) is 9.60. The number of hydrogen-bond acceptors (Lipinski definition) is 2. The molecule has 0 saturated carbocycles. The SMILES string of the molecule is C=C[CH]COCC=O. The Hall–Kier alpha value is -0.630. The number of carbonyl (C=O) groups is 1. The van der Waals surface area contributed by atoms with Gasteiger partial charge in [-0.05, 0) is 0 Å². The van der Waals surface area contributed by atoms with Crippen LogP contribution in [0.5, 0.6) is 0 Å². The summed E-state index contributed by atoms with van der Waals surface area (Å²) >= 11 is 0. The van der Waals surface area contributed by atoms with E-state index in [1.165, 1.54) is 0 Å². The molecule has 0 aliphatic heterocycles. The Morgan fingerprint density at radius 1 is 1.50 bits per heavy atom.